The van der Waals surface area contributed by atoms with Crippen LogP contribution in [0.2, 0.25) is 0 Å². The molecule has 0 amide bonds. The van der Waals surface area contributed by atoms with E-state index in [0.717, 1.165) is 0 Å². The summed E-state index contributed by atoms with van der Waals surface area (Å²) in [5, 5.41) is 12.0. The first-order valence-electron chi connectivity index (χ1n) is 3.05. The van der Waals surface area contributed by atoms with Gasteiger partial charge in [0.1, 0.15) is 6.33 Å². The van der Waals surface area contributed by atoms with E-state index < -0.39 is 5.97 Å². The number of nitrogen functional groups attached to an aromatic ring is 1. The number of carboxylic acid groups (broad SMARTS) is 1. The number of aryl methyl sites for hydroxylation is 1. The predicted octanol–water partition coefficient (Wildman–Crippen LogP) is -0.243. The van der Waals surface area contributed by atoms with Gasteiger partial charge in [-0.2, -0.15) is 0 Å². The second kappa shape index (κ2) is 4.55. The van der Waals surface area contributed by atoms with Crippen molar-refractivity contribution in [2.75, 3.05) is 5.73 Å². The van der Waals surface area contributed by atoms with Crippen molar-refractivity contribution in [1.29, 1.82) is 0 Å². The van der Waals surface area contributed by atoms with Crippen molar-refractivity contribution in [3.8, 4) is 0 Å². The number of nitrogens with two attached hydrogens (primary N) is 1. The molecule has 0 unspecified atom stereocenters. The minimum atomic E-state index is -0.862. The van der Waals surface area contributed by atoms with E-state index in [9.17, 15) is 4.79 Å². The standard InChI is InChI=1S/C5H8N4O2.ClH/c6-5-7-3-9(8-5)2-1-4(10)11;/h3H,1-2H2,(H2,6,8)(H,10,11);1H. The maximum Gasteiger partial charge on any atom is 0.305 e. The molecule has 0 saturated carbocycles. The fraction of sp³-hybridized carbons (Fsp3) is 0.400. The number of aliphatic carboxylic acids is 1. The fourth-order valence-electron chi connectivity index (χ4n) is 0.627. The first-order chi connectivity index (χ1) is 5.18. The first kappa shape index (κ1) is 10.7. The SMILES string of the molecule is Cl.Nc1ncn(CCC(=O)O)n1. The predicted molar refractivity (Wildman–Crippen MR) is 43.9 cm³/mol. The monoisotopic (exact) mass is 192 g/mol. The van der Waals surface area contributed by atoms with Crippen LogP contribution in [0.4, 0.5) is 5.95 Å². The summed E-state index contributed by atoms with van der Waals surface area (Å²) in [4.78, 5) is 13.7. The van der Waals surface area contributed by atoms with Gasteiger partial charge in [0.2, 0.25) is 5.95 Å². The normalized spacial score (nSPS) is 9.00. The second-order valence-corrected chi connectivity index (χ2v) is 2.01. The highest BCUT2D eigenvalue weighted by molar-refractivity contribution is 5.85. The maximum absolute atomic E-state index is 10.1. The number of aromatic nitrogens is 3. The van der Waals surface area contributed by atoms with E-state index >= 15 is 0 Å². The van der Waals surface area contributed by atoms with Crippen LogP contribution in [0.1, 0.15) is 6.42 Å². The number of anilines is 1. The summed E-state index contributed by atoms with van der Waals surface area (Å²) < 4.78 is 1.39. The molecule has 0 aromatic carbocycles. The van der Waals surface area contributed by atoms with Gasteiger partial charge in [-0.1, -0.05) is 0 Å². The molecule has 0 aliphatic carbocycles. The van der Waals surface area contributed by atoms with Crippen molar-refractivity contribution in [2.24, 2.45) is 0 Å². The first-order valence-corrected chi connectivity index (χ1v) is 3.05. The van der Waals surface area contributed by atoms with Gasteiger partial charge in [0.05, 0.1) is 13.0 Å². The third-order valence-corrected chi connectivity index (χ3v) is 1.11. The van der Waals surface area contributed by atoms with E-state index in [-0.39, 0.29) is 24.8 Å². The van der Waals surface area contributed by atoms with Crippen molar-refractivity contribution < 1.29 is 9.90 Å². The molecule has 3 N–H and O–H groups in total. The van der Waals surface area contributed by atoms with Gasteiger partial charge >= 0.3 is 5.97 Å². The van der Waals surface area contributed by atoms with E-state index in [1.165, 1.54) is 11.0 Å². The number of nitrogens with zero attached hydrogens (tertiary/aromatic N) is 3. The van der Waals surface area contributed by atoms with Gasteiger partial charge < -0.3 is 10.8 Å². The number of rotatable bonds is 3. The lowest BCUT2D eigenvalue weighted by Crippen LogP contribution is -2.05. The Labute approximate surface area is 74.8 Å². The van der Waals surface area contributed by atoms with Crippen LogP contribution in [-0.4, -0.2) is 25.8 Å². The Kier molecular flexibility index (Phi) is 4.06. The van der Waals surface area contributed by atoms with E-state index in [2.05, 4.69) is 10.1 Å². The highest BCUT2D eigenvalue weighted by atomic mass is 35.5. The Morgan fingerprint density at radius 1 is 1.75 bits per heavy atom. The third-order valence-electron chi connectivity index (χ3n) is 1.11. The molecule has 0 fully saturated rings. The second-order valence-electron chi connectivity index (χ2n) is 2.01. The molecule has 0 saturated heterocycles. The largest absolute Gasteiger partial charge is 0.481 e. The van der Waals surface area contributed by atoms with Gasteiger partial charge in [-0.25, -0.2) is 4.98 Å². The van der Waals surface area contributed by atoms with Gasteiger partial charge in [0, 0.05) is 0 Å². The van der Waals surface area contributed by atoms with Crippen molar-refractivity contribution in [3.05, 3.63) is 6.33 Å². The Morgan fingerprint density at radius 2 is 2.42 bits per heavy atom. The number of hydrogen-bond donors (Lipinski definition) is 2. The zero-order valence-corrected chi connectivity index (χ0v) is 6.99. The molecule has 1 rings (SSSR count). The van der Waals surface area contributed by atoms with Crippen molar-refractivity contribution in [2.45, 2.75) is 13.0 Å². The molecule has 0 atom stereocenters. The minimum Gasteiger partial charge on any atom is -0.481 e. The summed E-state index contributed by atoms with van der Waals surface area (Å²) in [5.41, 5.74) is 5.19. The number of halogens is 1. The van der Waals surface area contributed by atoms with Crippen molar-refractivity contribution >= 4 is 24.3 Å². The topological polar surface area (TPSA) is 94.0 Å². The van der Waals surface area contributed by atoms with Crippen LogP contribution in [0.3, 0.4) is 0 Å². The molecule has 0 radical (unpaired) electrons. The molecule has 0 aliphatic heterocycles. The van der Waals surface area contributed by atoms with E-state index in [0.29, 0.717) is 6.54 Å². The fourth-order valence-corrected chi connectivity index (χ4v) is 0.627. The van der Waals surface area contributed by atoms with Crippen LogP contribution in [-0.2, 0) is 11.3 Å². The molecule has 1 aromatic rings. The molecule has 0 aliphatic rings. The molecular formula is C5H9ClN4O2. The average molecular weight is 193 g/mol. The van der Waals surface area contributed by atoms with E-state index in [1.54, 1.807) is 0 Å². The van der Waals surface area contributed by atoms with E-state index in [1.807, 2.05) is 0 Å². The zero-order valence-electron chi connectivity index (χ0n) is 6.17. The Morgan fingerprint density at radius 3 is 2.83 bits per heavy atom. The molecule has 7 heteroatoms. The number of carboxylic acids is 1. The lowest BCUT2D eigenvalue weighted by atomic mass is 10.4. The highest BCUT2D eigenvalue weighted by Gasteiger charge is 1.99. The van der Waals surface area contributed by atoms with Crippen LogP contribution in [0.5, 0.6) is 0 Å². The summed E-state index contributed by atoms with van der Waals surface area (Å²) >= 11 is 0. The lowest BCUT2D eigenvalue weighted by molar-refractivity contribution is -0.137. The van der Waals surface area contributed by atoms with Gasteiger partial charge in [0.25, 0.3) is 0 Å². The van der Waals surface area contributed by atoms with Gasteiger partial charge in [-0.3, -0.25) is 9.48 Å². The third kappa shape index (κ3) is 3.20. The summed E-state index contributed by atoms with van der Waals surface area (Å²) in [7, 11) is 0. The molecule has 12 heavy (non-hydrogen) atoms. The van der Waals surface area contributed by atoms with Gasteiger partial charge in [-0.05, 0) is 0 Å². The molecule has 1 heterocycles. The average Bonchev–Trinajstić information content (AvgIpc) is 2.31. The van der Waals surface area contributed by atoms with E-state index in [4.69, 9.17) is 10.8 Å². The van der Waals surface area contributed by atoms with Crippen molar-refractivity contribution in [1.82, 2.24) is 14.8 Å². The smallest absolute Gasteiger partial charge is 0.305 e. The lowest BCUT2D eigenvalue weighted by Gasteiger charge is -1.93. The van der Waals surface area contributed by atoms with Crippen LogP contribution in [0.15, 0.2) is 6.33 Å². The summed E-state index contributed by atoms with van der Waals surface area (Å²) in [6.45, 7) is 0.305. The number of hydrogen-bond acceptors (Lipinski definition) is 4. The summed E-state index contributed by atoms with van der Waals surface area (Å²) in [6.07, 6.45) is 1.43. The zero-order chi connectivity index (χ0) is 8.27. The van der Waals surface area contributed by atoms with Crippen molar-refractivity contribution in [3.63, 3.8) is 0 Å². The molecule has 6 nitrogen and oxygen atoms in total. The van der Waals surface area contributed by atoms with Gasteiger partial charge in [0.15, 0.2) is 0 Å². The molecule has 0 bridgehead atoms. The minimum absolute atomic E-state index is 0. The van der Waals surface area contributed by atoms with Crippen LogP contribution in [0.25, 0.3) is 0 Å². The Balaban J connectivity index is 0.00000121. The molecule has 0 spiro atoms. The quantitative estimate of drug-likeness (QED) is 0.689. The summed E-state index contributed by atoms with van der Waals surface area (Å²) in [6, 6.07) is 0. The van der Waals surface area contributed by atoms with Crippen LogP contribution in [0, 0.1) is 0 Å². The highest BCUT2D eigenvalue weighted by Crippen LogP contribution is 1.91. The molecular weight excluding hydrogens is 184 g/mol. The number of carbonyl (C=O) groups is 1. The molecule has 1 aromatic heterocycles. The molecule has 68 valence electrons. The Bertz CT molecular complexity index is 262. The summed E-state index contributed by atoms with van der Waals surface area (Å²) in [5.74, 6) is -0.700. The van der Waals surface area contributed by atoms with Crippen LogP contribution >= 0.6 is 12.4 Å². The maximum atomic E-state index is 10.1. The Hall–Kier alpha value is -1.30. The van der Waals surface area contributed by atoms with Crippen LogP contribution < -0.4 is 5.73 Å². The van der Waals surface area contributed by atoms with Gasteiger partial charge in [-0.15, -0.1) is 17.5 Å².